The van der Waals surface area contributed by atoms with Crippen LogP contribution in [-0.2, 0) is 4.79 Å². The molecule has 4 atom stereocenters. The number of aromatic hydroxyl groups is 1. The van der Waals surface area contributed by atoms with Gasteiger partial charge in [0.1, 0.15) is 11.8 Å². The first-order chi connectivity index (χ1) is 16.4. The number of hydrogen-bond acceptors (Lipinski definition) is 7. The molecule has 0 aromatic heterocycles. The first-order valence-corrected chi connectivity index (χ1v) is 12.1. The van der Waals surface area contributed by atoms with E-state index in [2.05, 4.69) is 10.9 Å². The molecule has 8 nitrogen and oxygen atoms in total. The first-order valence-electron chi connectivity index (χ1n) is 11.7. The fourth-order valence-electron chi connectivity index (χ4n) is 5.04. The van der Waals surface area contributed by atoms with Crippen molar-refractivity contribution in [3.63, 3.8) is 0 Å². The van der Waals surface area contributed by atoms with Gasteiger partial charge in [0.15, 0.2) is 11.5 Å². The molecule has 4 rings (SSSR count). The van der Waals surface area contributed by atoms with Crippen LogP contribution in [0.3, 0.4) is 0 Å². The number of hydrogen-bond donors (Lipinski definition) is 4. The molecule has 0 spiro atoms. The van der Waals surface area contributed by atoms with Gasteiger partial charge in [0, 0.05) is 29.7 Å². The molecule has 2 heterocycles. The zero-order valence-corrected chi connectivity index (χ0v) is 20.4. The number of benzene rings is 2. The van der Waals surface area contributed by atoms with Gasteiger partial charge in [-0.2, -0.15) is 0 Å². The first kappa shape index (κ1) is 24.6. The highest BCUT2D eigenvalue weighted by Crippen LogP contribution is 2.50. The maximum absolute atomic E-state index is 13.4. The van der Waals surface area contributed by atoms with E-state index in [1.54, 1.807) is 12.1 Å². The van der Waals surface area contributed by atoms with Crippen LogP contribution in [-0.4, -0.2) is 53.4 Å². The van der Waals surface area contributed by atoms with E-state index in [1.165, 1.54) is 0 Å². The van der Waals surface area contributed by atoms with E-state index in [0.29, 0.717) is 48.3 Å². The Morgan fingerprint density at radius 2 is 1.76 bits per heavy atom. The Morgan fingerprint density at radius 1 is 1.06 bits per heavy atom. The Morgan fingerprint density at radius 3 is 2.47 bits per heavy atom. The minimum Gasteiger partial charge on any atom is -0.508 e. The SMILES string of the molecule is CCOc1ccc(C2C3C(NNC3c3cc(Cl)c(C)cc3O)C(=O)N2CCCO)cc1OCC. The average Bonchev–Trinajstić information content (AvgIpc) is 3.35. The lowest BCUT2D eigenvalue weighted by Crippen LogP contribution is -2.41. The minimum absolute atomic E-state index is 0.0111. The molecular formula is C25H32ClN3O5. The van der Waals surface area contributed by atoms with Gasteiger partial charge in [-0.15, -0.1) is 0 Å². The fourth-order valence-corrected chi connectivity index (χ4v) is 5.21. The van der Waals surface area contributed by atoms with Gasteiger partial charge in [-0.25, -0.2) is 10.9 Å². The number of carbonyl (C=O) groups excluding carboxylic acids is 1. The van der Waals surface area contributed by atoms with Crippen LogP contribution in [0.2, 0.25) is 5.02 Å². The summed E-state index contributed by atoms with van der Waals surface area (Å²) in [5, 5.41) is 20.7. The van der Waals surface area contributed by atoms with Crippen LogP contribution in [0.15, 0.2) is 30.3 Å². The van der Waals surface area contributed by atoms with E-state index in [1.807, 2.05) is 43.9 Å². The highest BCUT2D eigenvalue weighted by molar-refractivity contribution is 6.31. The molecule has 0 bridgehead atoms. The average molecular weight is 490 g/mol. The summed E-state index contributed by atoms with van der Waals surface area (Å²) < 4.78 is 11.6. The zero-order valence-electron chi connectivity index (χ0n) is 19.7. The van der Waals surface area contributed by atoms with Crippen molar-refractivity contribution in [3.05, 3.63) is 52.0 Å². The van der Waals surface area contributed by atoms with Crippen LogP contribution >= 0.6 is 11.6 Å². The predicted molar refractivity (Wildman–Crippen MR) is 129 cm³/mol. The number of rotatable bonds is 9. The van der Waals surface area contributed by atoms with Crippen LogP contribution in [0.4, 0.5) is 0 Å². The molecule has 2 aliphatic rings. The summed E-state index contributed by atoms with van der Waals surface area (Å²) in [6.07, 6.45) is 0.469. The topological polar surface area (TPSA) is 103 Å². The molecule has 0 aliphatic carbocycles. The Labute approximate surface area is 204 Å². The van der Waals surface area contributed by atoms with E-state index in [9.17, 15) is 15.0 Å². The maximum Gasteiger partial charge on any atom is 0.242 e. The Bertz CT molecular complexity index is 1050. The predicted octanol–water partition coefficient (Wildman–Crippen LogP) is 3.25. The summed E-state index contributed by atoms with van der Waals surface area (Å²) in [7, 11) is 0. The highest BCUT2D eigenvalue weighted by atomic mass is 35.5. The van der Waals surface area contributed by atoms with Crippen molar-refractivity contribution in [2.45, 2.75) is 45.3 Å². The summed E-state index contributed by atoms with van der Waals surface area (Å²) in [4.78, 5) is 15.2. The molecule has 2 aromatic rings. The third kappa shape index (κ3) is 4.43. The lowest BCUT2D eigenvalue weighted by Gasteiger charge is -2.32. The Kier molecular flexibility index (Phi) is 7.52. The number of phenols is 1. The smallest absolute Gasteiger partial charge is 0.242 e. The quantitative estimate of drug-likeness (QED) is 0.428. The normalized spacial score (nSPS) is 23.9. The van der Waals surface area contributed by atoms with Crippen molar-refractivity contribution in [1.82, 2.24) is 15.8 Å². The van der Waals surface area contributed by atoms with E-state index in [0.717, 1.165) is 11.1 Å². The molecule has 184 valence electrons. The van der Waals surface area contributed by atoms with Crippen molar-refractivity contribution in [2.24, 2.45) is 5.92 Å². The number of phenolic OH excluding ortho intramolecular Hbond substituents is 1. The summed E-state index contributed by atoms with van der Waals surface area (Å²) >= 11 is 6.39. The van der Waals surface area contributed by atoms with Gasteiger partial charge < -0.3 is 24.6 Å². The Balaban J connectivity index is 1.79. The third-order valence-electron chi connectivity index (χ3n) is 6.52. The molecule has 2 saturated heterocycles. The van der Waals surface area contributed by atoms with E-state index in [-0.39, 0.29) is 36.3 Å². The zero-order chi connectivity index (χ0) is 24.4. The molecule has 0 radical (unpaired) electrons. The van der Waals surface area contributed by atoms with Gasteiger partial charge in [0.2, 0.25) is 5.91 Å². The number of carbonyl (C=O) groups is 1. The monoisotopic (exact) mass is 489 g/mol. The summed E-state index contributed by atoms with van der Waals surface area (Å²) in [5.41, 5.74) is 8.68. The molecule has 9 heteroatoms. The number of fused-ring (bicyclic) bond motifs is 1. The van der Waals surface area contributed by atoms with Gasteiger partial charge >= 0.3 is 0 Å². The van der Waals surface area contributed by atoms with Gasteiger partial charge in [-0.1, -0.05) is 17.7 Å². The lowest BCUT2D eigenvalue weighted by molar-refractivity contribution is -0.130. The van der Waals surface area contributed by atoms with Crippen LogP contribution in [0.1, 0.15) is 49.0 Å². The number of aliphatic hydroxyl groups excluding tert-OH is 1. The summed E-state index contributed by atoms with van der Waals surface area (Å²) in [6.45, 7) is 7.06. The van der Waals surface area contributed by atoms with Crippen molar-refractivity contribution < 1.29 is 24.5 Å². The molecule has 2 aromatic carbocycles. The Hall–Kier alpha value is -2.52. The van der Waals surface area contributed by atoms with E-state index in [4.69, 9.17) is 21.1 Å². The van der Waals surface area contributed by atoms with Crippen LogP contribution < -0.4 is 20.3 Å². The van der Waals surface area contributed by atoms with E-state index >= 15 is 0 Å². The number of aliphatic hydroxyl groups is 1. The van der Waals surface area contributed by atoms with Gasteiger partial charge in [-0.3, -0.25) is 4.79 Å². The fraction of sp³-hybridized carbons (Fsp3) is 0.480. The van der Waals surface area contributed by atoms with Crippen molar-refractivity contribution in [2.75, 3.05) is 26.4 Å². The summed E-state index contributed by atoms with van der Waals surface area (Å²) in [6, 6.07) is 7.99. The molecule has 34 heavy (non-hydrogen) atoms. The molecule has 1 amide bonds. The second kappa shape index (κ2) is 10.4. The molecule has 4 N–H and O–H groups in total. The number of likely N-dealkylation sites (tertiary alicyclic amines) is 1. The molecular weight excluding hydrogens is 458 g/mol. The highest BCUT2D eigenvalue weighted by Gasteiger charge is 2.55. The number of hydrazine groups is 1. The second-order valence-electron chi connectivity index (χ2n) is 8.61. The van der Waals surface area contributed by atoms with Crippen molar-refractivity contribution in [1.29, 1.82) is 0 Å². The van der Waals surface area contributed by atoms with E-state index < -0.39 is 6.04 Å². The number of nitrogens with zero attached hydrogens (tertiary/aromatic N) is 1. The van der Waals surface area contributed by atoms with Crippen LogP contribution in [0.5, 0.6) is 17.2 Å². The third-order valence-corrected chi connectivity index (χ3v) is 6.93. The lowest BCUT2D eigenvalue weighted by atomic mass is 9.83. The van der Waals surface area contributed by atoms with Gasteiger partial charge in [0.05, 0.1) is 25.3 Å². The van der Waals surface area contributed by atoms with Crippen LogP contribution in [0.25, 0.3) is 0 Å². The minimum atomic E-state index is -0.490. The number of amides is 1. The molecule has 0 saturated carbocycles. The number of halogens is 1. The van der Waals surface area contributed by atoms with Gasteiger partial charge in [0.25, 0.3) is 0 Å². The van der Waals surface area contributed by atoms with Crippen molar-refractivity contribution in [3.8, 4) is 17.2 Å². The second-order valence-corrected chi connectivity index (χ2v) is 9.01. The van der Waals surface area contributed by atoms with Gasteiger partial charge in [-0.05, 0) is 62.6 Å². The number of nitrogens with one attached hydrogen (secondary N) is 2. The molecule has 4 unspecified atom stereocenters. The van der Waals surface area contributed by atoms with Crippen molar-refractivity contribution >= 4 is 17.5 Å². The largest absolute Gasteiger partial charge is 0.508 e. The maximum atomic E-state index is 13.4. The summed E-state index contributed by atoms with van der Waals surface area (Å²) in [5.74, 6) is 1.12. The molecule has 2 aliphatic heterocycles. The number of aryl methyl sites for hydroxylation is 1. The molecule has 2 fully saturated rings. The number of ether oxygens (including phenoxy) is 2. The standard InChI is InChI=1S/C25H32ClN3O5/c1-4-33-19-8-7-15(12-20(19)34-5-2)24-21-22(16-13-17(26)14(3)11-18(16)31)27-28-23(21)25(32)29(24)9-6-10-30/h7-8,11-13,21-24,27-28,30-31H,4-6,9-10H2,1-3H3. The van der Waals surface area contributed by atoms with Crippen LogP contribution in [0, 0.1) is 12.8 Å².